The minimum absolute atomic E-state index is 0.0258. The highest BCUT2D eigenvalue weighted by atomic mass is 35.5. The molecule has 0 radical (unpaired) electrons. The van der Waals surface area contributed by atoms with Crippen molar-refractivity contribution in [1.82, 2.24) is 9.97 Å². The number of nitrogens with one attached hydrogen (secondary N) is 1. The van der Waals surface area contributed by atoms with Crippen LogP contribution in [0.1, 0.15) is 26.2 Å². The Kier molecular flexibility index (Phi) is 2.43. The second kappa shape index (κ2) is 3.84. The van der Waals surface area contributed by atoms with Crippen LogP contribution < -0.4 is 10.2 Å². The van der Waals surface area contributed by atoms with Gasteiger partial charge in [0.05, 0.1) is 6.20 Å². The largest absolute Gasteiger partial charge is 0.340 e. The van der Waals surface area contributed by atoms with Crippen LogP contribution in [0.2, 0.25) is 5.28 Å². The molecule has 2 aliphatic rings. The maximum absolute atomic E-state index is 12.0. The predicted molar refractivity (Wildman–Crippen MR) is 65.3 cm³/mol. The number of hydrogen-bond acceptors (Lipinski definition) is 4. The fraction of sp³-hybridized carbons (Fsp3) is 0.545. The lowest BCUT2D eigenvalue weighted by Crippen LogP contribution is -2.49. The molecular weight excluding hydrogens is 240 g/mol. The van der Waals surface area contributed by atoms with Crippen molar-refractivity contribution in [2.45, 2.75) is 38.3 Å². The summed E-state index contributed by atoms with van der Waals surface area (Å²) in [5.41, 5.74) is 0.663. The highest BCUT2D eigenvalue weighted by Gasteiger charge is 2.41. The maximum Gasteiger partial charge on any atom is 0.247 e. The van der Waals surface area contributed by atoms with Gasteiger partial charge in [0.15, 0.2) is 5.82 Å². The molecule has 0 saturated heterocycles. The minimum Gasteiger partial charge on any atom is -0.340 e. The average Bonchev–Trinajstić information content (AvgIpc) is 3.12. The van der Waals surface area contributed by atoms with Crippen LogP contribution in [-0.2, 0) is 4.79 Å². The first-order chi connectivity index (χ1) is 8.20. The van der Waals surface area contributed by atoms with Crippen LogP contribution >= 0.6 is 11.6 Å². The van der Waals surface area contributed by atoms with Crippen molar-refractivity contribution in [3.8, 4) is 0 Å². The monoisotopic (exact) mass is 252 g/mol. The van der Waals surface area contributed by atoms with E-state index in [1.54, 1.807) is 6.20 Å². The number of hydrogen-bond donors (Lipinski definition) is 1. The molecule has 6 heteroatoms. The van der Waals surface area contributed by atoms with Crippen LogP contribution in [-0.4, -0.2) is 28.0 Å². The van der Waals surface area contributed by atoms with Crippen molar-refractivity contribution < 1.29 is 4.79 Å². The first-order valence-electron chi connectivity index (χ1n) is 5.82. The molecular formula is C11H13ClN4O. The van der Waals surface area contributed by atoms with Crippen molar-refractivity contribution in [2.24, 2.45) is 0 Å². The quantitative estimate of drug-likeness (QED) is 0.816. The molecule has 90 valence electrons. The van der Waals surface area contributed by atoms with E-state index >= 15 is 0 Å². The lowest BCUT2D eigenvalue weighted by atomic mass is 10.1. The Balaban J connectivity index is 2.08. The molecule has 1 atom stereocenters. The normalized spacial score (nSPS) is 23.3. The zero-order chi connectivity index (χ0) is 12.0. The molecule has 2 heterocycles. The summed E-state index contributed by atoms with van der Waals surface area (Å²) in [6.45, 7) is 2.01. The summed E-state index contributed by atoms with van der Waals surface area (Å²) < 4.78 is 0. The number of aromatic nitrogens is 2. The van der Waals surface area contributed by atoms with Crippen molar-refractivity contribution in [3.63, 3.8) is 0 Å². The van der Waals surface area contributed by atoms with Crippen molar-refractivity contribution >= 4 is 29.0 Å². The van der Waals surface area contributed by atoms with Gasteiger partial charge in [-0.3, -0.25) is 4.79 Å². The Hall–Kier alpha value is -1.36. The SMILES string of the molecule is CC[C@@H]1C(=O)Nc2cnc(Cl)nc2N1C1CC1. The van der Waals surface area contributed by atoms with Gasteiger partial charge in [0.25, 0.3) is 0 Å². The fourth-order valence-corrected chi connectivity index (χ4v) is 2.42. The van der Waals surface area contributed by atoms with E-state index in [1.165, 1.54) is 0 Å². The molecule has 1 aliphatic carbocycles. The molecule has 1 aromatic rings. The molecule has 1 aliphatic heterocycles. The summed E-state index contributed by atoms with van der Waals surface area (Å²) in [7, 11) is 0. The predicted octanol–water partition coefficient (Wildman–Crippen LogP) is 1.83. The number of anilines is 2. The first kappa shape index (κ1) is 10.8. The molecule has 0 spiro atoms. The summed E-state index contributed by atoms with van der Waals surface area (Å²) in [4.78, 5) is 22.2. The van der Waals surface area contributed by atoms with Gasteiger partial charge in [-0.25, -0.2) is 4.98 Å². The van der Waals surface area contributed by atoms with E-state index < -0.39 is 0 Å². The van der Waals surface area contributed by atoms with E-state index in [0.29, 0.717) is 11.7 Å². The number of carbonyl (C=O) groups is 1. The topological polar surface area (TPSA) is 58.1 Å². The molecule has 17 heavy (non-hydrogen) atoms. The Labute approximate surface area is 104 Å². The van der Waals surface area contributed by atoms with Crippen LogP contribution in [0.5, 0.6) is 0 Å². The lowest BCUT2D eigenvalue weighted by molar-refractivity contribution is -0.117. The van der Waals surface area contributed by atoms with E-state index in [4.69, 9.17) is 11.6 Å². The molecule has 1 amide bonds. The first-order valence-corrected chi connectivity index (χ1v) is 6.20. The lowest BCUT2D eigenvalue weighted by Gasteiger charge is -2.36. The molecule has 1 aromatic heterocycles. The highest BCUT2D eigenvalue weighted by molar-refractivity contribution is 6.28. The van der Waals surface area contributed by atoms with Gasteiger partial charge in [-0.15, -0.1) is 0 Å². The average molecular weight is 253 g/mol. The van der Waals surface area contributed by atoms with Crippen LogP contribution in [0.15, 0.2) is 6.20 Å². The Morgan fingerprint density at radius 1 is 1.59 bits per heavy atom. The molecule has 1 N–H and O–H groups in total. The highest BCUT2D eigenvalue weighted by Crippen LogP contribution is 2.39. The summed E-state index contributed by atoms with van der Waals surface area (Å²) in [6.07, 6.45) is 4.57. The smallest absolute Gasteiger partial charge is 0.247 e. The summed E-state index contributed by atoms with van der Waals surface area (Å²) in [5, 5.41) is 3.06. The van der Waals surface area contributed by atoms with E-state index in [-0.39, 0.29) is 17.2 Å². The third-order valence-electron chi connectivity index (χ3n) is 3.21. The van der Waals surface area contributed by atoms with Gasteiger partial charge < -0.3 is 10.2 Å². The second-order valence-electron chi connectivity index (χ2n) is 4.43. The van der Waals surface area contributed by atoms with Crippen LogP contribution in [0.25, 0.3) is 0 Å². The minimum atomic E-state index is -0.138. The summed E-state index contributed by atoms with van der Waals surface area (Å²) in [5.74, 6) is 0.789. The molecule has 0 unspecified atom stereocenters. The molecule has 0 bridgehead atoms. The number of carbonyl (C=O) groups excluding carboxylic acids is 1. The van der Waals surface area contributed by atoms with Crippen LogP contribution in [0, 0.1) is 0 Å². The van der Waals surface area contributed by atoms with E-state index in [0.717, 1.165) is 25.1 Å². The number of nitrogens with zero attached hydrogens (tertiary/aromatic N) is 3. The zero-order valence-corrected chi connectivity index (χ0v) is 10.2. The van der Waals surface area contributed by atoms with Crippen LogP contribution in [0.4, 0.5) is 11.5 Å². The van der Waals surface area contributed by atoms with Crippen molar-refractivity contribution in [2.75, 3.05) is 10.2 Å². The molecule has 1 fully saturated rings. The maximum atomic E-state index is 12.0. The van der Waals surface area contributed by atoms with Gasteiger partial charge >= 0.3 is 0 Å². The van der Waals surface area contributed by atoms with Gasteiger partial charge in [0.1, 0.15) is 11.7 Å². The third-order valence-corrected chi connectivity index (χ3v) is 3.39. The number of fused-ring (bicyclic) bond motifs is 1. The standard InChI is InChI=1S/C11H13ClN4O/c1-2-8-10(17)14-7-5-13-11(12)15-9(7)16(8)6-3-4-6/h5-6,8H,2-4H2,1H3,(H,14,17)/t8-/m1/s1. The van der Waals surface area contributed by atoms with Gasteiger partial charge in [-0.2, -0.15) is 4.98 Å². The Morgan fingerprint density at radius 2 is 2.35 bits per heavy atom. The van der Waals surface area contributed by atoms with E-state index in [1.807, 2.05) is 6.92 Å². The second-order valence-corrected chi connectivity index (χ2v) is 4.77. The van der Waals surface area contributed by atoms with Crippen molar-refractivity contribution in [1.29, 1.82) is 0 Å². The van der Waals surface area contributed by atoms with Gasteiger partial charge in [0, 0.05) is 6.04 Å². The molecule has 3 rings (SSSR count). The van der Waals surface area contributed by atoms with Gasteiger partial charge in [-0.1, -0.05) is 6.92 Å². The fourth-order valence-electron chi connectivity index (χ4n) is 2.29. The summed E-state index contributed by atoms with van der Waals surface area (Å²) >= 11 is 5.83. The van der Waals surface area contributed by atoms with Crippen molar-refractivity contribution in [3.05, 3.63) is 11.5 Å². The van der Waals surface area contributed by atoms with E-state index in [9.17, 15) is 4.79 Å². The number of halogens is 1. The molecule has 0 aromatic carbocycles. The Bertz CT molecular complexity index is 475. The Morgan fingerprint density at radius 3 is 3.00 bits per heavy atom. The third kappa shape index (κ3) is 1.74. The van der Waals surface area contributed by atoms with Gasteiger partial charge in [0.2, 0.25) is 11.2 Å². The molecule has 5 nitrogen and oxygen atoms in total. The van der Waals surface area contributed by atoms with E-state index in [2.05, 4.69) is 20.2 Å². The van der Waals surface area contributed by atoms with Crippen LogP contribution in [0.3, 0.4) is 0 Å². The number of rotatable bonds is 2. The van der Waals surface area contributed by atoms with Gasteiger partial charge in [-0.05, 0) is 30.9 Å². The number of amides is 1. The summed E-state index contributed by atoms with van der Waals surface area (Å²) in [6, 6.07) is 0.289. The molecule has 1 saturated carbocycles. The zero-order valence-electron chi connectivity index (χ0n) is 9.48.